The summed E-state index contributed by atoms with van der Waals surface area (Å²) in [5, 5.41) is 0.813. The Morgan fingerprint density at radius 2 is 2.18 bits per heavy atom. The molecule has 0 saturated heterocycles. The van der Waals surface area contributed by atoms with E-state index in [4.69, 9.17) is 17.3 Å². The second kappa shape index (κ2) is 5.41. The molecule has 0 aromatic heterocycles. The van der Waals surface area contributed by atoms with Crippen LogP contribution >= 0.6 is 11.6 Å². The van der Waals surface area contributed by atoms with Crippen LogP contribution in [0.5, 0.6) is 0 Å². The molecule has 2 unspecified atom stereocenters. The third kappa shape index (κ3) is 3.72. The van der Waals surface area contributed by atoms with Crippen molar-refractivity contribution < 1.29 is 0 Å². The van der Waals surface area contributed by atoms with Crippen LogP contribution in [0.25, 0.3) is 0 Å². The predicted molar refractivity (Wildman–Crippen MR) is 74.3 cm³/mol. The van der Waals surface area contributed by atoms with Crippen LogP contribution in [0.3, 0.4) is 0 Å². The van der Waals surface area contributed by atoms with Gasteiger partial charge < -0.3 is 5.73 Å². The van der Waals surface area contributed by atoms with Gasteiger partial charge in [-0.3, -0.25) is 0 Å². The second-order valence-electron chi connectivity index (χ2n) is 5.71. The van der Waals surface area contributed by atoms with Gasteiger partial charge in [0.15, 0.2) is 0 Å². The summed E-state index contributed by atoms with van der Waals surface area (Å²) in [5.74, 6) is 0.833. The van der Waals surface area contributed by atoms with Crippen molar-refractivity contribution in [2.75, 3.05) is 0 Å². The van der Waals surface area contributed by atoms with Gasteiger partial charge in [-0.25, -0.2) is 0 Å². The number of halogens is 1. The van der Waals surface area contributed by atoms with Crippen molar-refractivity contribution in [2.45, 2.75) is 51.0 Å². The van der Waals surface area contributed by atoms with E-state index < -0.39 is 0 Å². The molecule has 17 heavy (non-hydrogen) atoms. The molecule has 0 amide bonds. The molecule has 0 bridgehead atoms. The van der Waals surface area contributed by atoms with Crippen LogP contribution in [0.2, 0.25) is 5.02 Å². The molecule has 2 N–H and O–H groups in total. The lowest BCUT2D eigenvalue weighted by Crippen LogP contribution is -2.41. The van der Waals surface area contributed by atoms with E-state index in [9.17, 15) is 0 Å². The molecule has 1 fully saturated rings. The van der Waals surface area contributed by atoms with Gasteiger partial charge in [0, 0.05) is 10.6 Å². The fraction of sp³-hybridized carbons (Fsp3) is 0.600. The lowest BCUT2D eigenvalue weighted by Gasteiger charge is -2.28. The highest BCUT2D eigenvalue weighted by atomic mass is 35.5. The van der Waals surface area contributed by atoms with Crippen LogP contribution in [-0.2, 0) is 6.42 Å². The molecular weight excluding hydrogens is 230 g/mol. The first kappa shape index (κ1) is 12.9. The standard InChI is InChI=1S/C15H22ClN/c1-12-4-3-8-15(17,9-7-12)11-13-5-2-6-14(16)10-13/h2,5-6,10,12H,3-4,7-9,11,17H2,1H3. The van der Waals surface area contributed by atoms with Crippen LogP contribution in [0, 0.1) is 5.92 Å². The summed E-state index contributed by atoms with van der Waals surface area (Å²) in [6.07, 6.45) is 7.09. The molecule has 0 spiro atoms. The molecule has 1 aliphatic rings. The molecule has 0 aliphatic heterocycles. The molecule has 2 heteroatoms. The Balaban J connectivity index is 2.06. The fourth-order valence-corrected chi connectivity index (χ4v) is 3.05. The maximum Gasteiger partial charge on any atom is 0.0408 e. The first-order valence-corrected chi connectivity index (χ1v) is 6.99. The molecule has 1 nitrogen and oxygen atoms in total. The van der Waals surface area contributed by atoms with Crippen molar-refractivity contribution in [3.8, 4) is 0 Å². The van der Waals surface area contributed by atoms with E-state index in [1.807, 2.05) is 18.2 Å². The molecular formula is C15H22ClN. The SMILES string of the molecule is CC1CCCC(N)(Cc2cccc(Cl)c2)CC1. The monoisotopic (exact) mass is 251 g/mol. The van der Waals surface area contributed by atoms with Gasteiger partial charge in [-0.1, -0.05) is 43.5 Å². The van der Waals surface area contributed by atoms with Gasteiger partial charge in [-0.15, -0.1) is 0 Å². The molecule has 0 radical (unpaired) electrons. The summed E-state index contributed by atoms with van der Waals surface area (Å²) in [6.45, 7) is 2.34. The van der Waals surface area contributed by atoms with E-state index in [-0.39, 0.29) is 5.54 Å². The zero-order chi connectivity index (χ0) is 12.3. The van der Waals surface area contributed by atoms with E-state index >= 15 is 0 Å². The fourth-order valence-electron chi connectivity index (χ4n) is 2.84. The van der Waals surface area contributed by atoms with Crippen molar-refractivity contribution in [2.24, 2.45) is 11.7 Å². The topological polar surface area (TPSA) is 26.0 Å². The van der Waals surface area contributed by atoms with E-state index in [1.54, 1.807) is 0 Å². The number of hydrogen-bond acceptors (Lipinski definition) is 1. The van der Waals surface area contributed by atoms with Crippen molar-refractivity contribution in [1.82, 2.24) is 0 Å². The lowest BCUT2D eigenvalue weighted by atomic mass is 9.84. The highest BCUT2D eigenvalue weighted by Gasteiger charge is 2.28. The molecule has 1 aliphatic carbocycles. The largest absolute Gasteiger partial charge is 0.325 e. The van der Waals surface area contributed by atoms with Crippen LogP contribution in [0.4, 0.5) is 0 Å². The normalized spacial score (nSPS) is 29.9. The van der Waals surface area contributed by atoms with E-state index in [2.05, 4.69) is 13.0 Å². The molecule has 2 rings (SSSR count). The Hall–Kier alpha value is -0.530. The van der Waals surface area contributed by atoms with Crippen LogP contribution in [0.15, 0.2) is 24.3 Å². The first-order valence-electron chi connectivity index (χ1n) is 6.61. The number of rotatable bonds is 2. The molecule has 0 heterocycles. The Bertz CT molecular complexity index is 377. The van der Waals surface area contributed by atoms with E-state index in [0.717, 1.165) is 30.2 Å². The minimum Gasteiger partial charge on any atom is -0.325 e. The van der Waals surface area contributed by atoms with Gasteiger partial charge in [0.25, 0.3) is 0 Å². The molecule has 2 atom stereocenters. The first-order chi connectivity index (χ1) is 8.07. The van der Waals surface area contributed by atoms with Crippen molar-refractivity contribution >= 4 is 11.6 Å². The Morgan fingerprint density at radius 3 is 2.94 bits per heavy atom. The second-order valence-corrected chi connectivity index (χ2v) is 6.14. The van der Waals surface area contributed by atoms with Gasteiger partial charge >= 0.3 is 0 Å². The van der Waals surface area contributed by atoms with Crippen LogP contribution in [-0.4, -0.2) is 5.54 Å². The molecule has 1 saturated carbocycles. The zero-order valence-electron chi connectivity index (χ0n) is 10.6. The van der Waals surface area contributed by atoms with Gasteiger partial charge in [-0.05, 0) is 49.3 Å². The number of hydrogen-bond donors (Lipinski definition) is 1. The van der Waals surface area contributed by atoms with Crippen LogP contribution < -0.4 is 5.73 Å². The average molecular weight is 252 g/mol. The highest BCUT2D eigenvalue weighted by molar-refractivity contribution is 6.30. The third-order valence-corrected chi connectivity index (χ3v) is 4.19. The maximum atomic E-state index is 6.56. The molecule has 94 valence electrons. The number of benzene rings is 1. The quantitative estimate of drug-likeness (QED) is 0.784. The average Bonchev–Trinajstić information content (AvgIpc) is 2.41. The van der Waals surface area contributed by atoms with Gasteiger partial charge in [0.05, 0.1) is 0 Å². The zero-order valence-corrected chi connectivity index (χ0v) is 11.3. The summed E-state index contributed by atoms with van der Waals surface area (Å²) >= 11 is 6.02. The summed E-state index contributed by atoms with van der Waals surface area (Å²) in [5.41, 5.74) is 7.81. The van der Waals surface area contributed by atoms with Crippen LogP contribution in [0.1, 0.15) is 44.6 Å². The van der Waals surface area contributed by atoms with Crippen molar-refractivity contribution in [1.29, 1.82) is 0 Å². The molecule has 1 aromatic rings. The van der Waals surface area contributed by atoms with E-state index in [1.165, 1.54) is 24.8 Å². The summed E-state index contributed by atoms with van der Waals surface area (Å²) in [4.78, 5) is 0. The Morgan fingerprint density at radius 1 is 1.35 bits per heavy atom. The summed E-state index contributed by atoms with van der Waals surface area (Å²) in [7, 11) is 0. The van der Waals surface area contributed by atoms with E-state index in [0.29, 0.717) is 0 Å². The highest BCUT2D eigenvalue weighted by Crippen LogP contribution is 2.31. The Kier molecular flexibility index (Phi) is 4.11. The van der Waals surface area contributed by atoms with Gasteiger partial charge in [0.1, 0.15) is 0 Å². The summed E-state index contributed by atoms with van der Waals surface area (Å²) < 4.78 is 0. The smallest absolute Gasteiger partial charge is 0.0408 e. The number of nitrogens with two attached hydrogens (primary N) is 1. The lowest BCUT2D eigenvalue weighted by molar-refractivity contribution is 0.363. The third-order valence-electron chi connectivity index (χ3n) is 3.95. The minimum absolute atomic E-state index is 0.0184. The summed E-state index contributed by atoms with van der Waals surface area (Å²) in [6, 6.07) is 8.11. The van der Waals surface area contributed by atoms with Crippen molar-refractivity contribution in [3.63, 3.8) is 0 Å². The Labute approximate surface area is 109 Å². The van der Waals surface area contributed by atoms with Gasteiger partial charge in [-0.2, -0.15) is 0 Å². The molecule has 1 aromatic carbocycles. The predicted octanol–water partition coefficient (Wildman–Crippen LogP) is 4.18. The van der Waals surface area contributed by atoms with Gasteiger partial charge in [0.2, 0.25) is 0 Å². The maximum absolute atomic E-state index is 6.56. The van der Waals surface area contributed by atoms with Crippen molar-refractivity contribution in [3.05, 3.63) is 34.9 Å². The minimum atomic E-state index is -0.0184.